The SMILES string of the molecule is Cc1[nH]nc(CN2CCC[C@H]2c2ccc(CN(C)C)cc2)c1Cl. The first-order valence-corrected chi connectivity index (χ1v) is 8.59. The minimum absolute atomic E-state index is 0.469. The maximum atomic E-state index is 6.33. The normalized spacial score (nSPS) is 18.9. The van der Waals surface area contributed by atoms with Crippen LogP contribution in [-0.4, -0.2) is 40.6 Å². The third-order valence-corrected chi connectivity index (χ3v) is 5.02. The number of aryl methyl sites for hydroxylation is 1. The quantitative estimate of drug-likeness (QED) is 0.905. The molecule has 2 heterocycles. The molecule has 1 saturated heterocycles. The van der Waals surface area contributed by atoms with E-state index in [0.29, 0.717) is 6.04 Å². The van der Waals surface area contributed by atoms with Gasteiger partial charge in [0.15, 0.2) is 0 Å². The molecule has 124 valence electrons. The molecule has 4 nitrogen and oxygen atoms in total. The van der Waals surface area contributed by atoms with Crippen molar-refractivity contribution in [3.05, 3.63) is 51.8 Å². The van der Waals surface area contributed by atoms with E-state index in [0.717, 1.165) is 36.0 Å². The van der Waals surface area contributed by atoms with Crippen molar-refractivity contribution in [3.8, 4) is 0 Å². The van der Waals surface area contributed by atoms with E-state index < -0.39 is 0 Å². The first-order chi connectivity index (χ1) is 11.0. The molecule has 23 heavy (non-hydrogen) atoms. The second-order valence-electron chi connectivity index (χ2n) is 6.72. The number of aromatic amines is 1. The summed E-state index contributed by atoms with van der Waals surface area (Å²) in [5, 5.41) is 8.10. The average Bonchev–Trinajstić information content (AvgIpc) is 3.10. The van der Waals surface area contributed by atoms with Crippen LogP contribution in [0.5, 0.6) is 0 Å². The zero-order valence-corrected chi connectivity index (χ0v) is 14.9. The monoisotopic (exact) mass is 332 g/mol. The molecule has 0 spiro atoms. The Morgan fingerprint density at radius 2 is 2.04 bits per heavy atom. The maximum absolute atomic E-state index is 6.33. The van der Waals surface area contributed by atoms with E-state index in [1.165, 1.54) is 24.0 Å². The van der Waals surface area contributed by atoms with Gasteiger partial charge in [-0.15, -0.1) is 0 Å². The maximum Gasteiger partial charge on any atom is 0.0951 e. The number of H-pyrrole nitrogens is 1. The highest BCUT2D eigenvalue weighted by molar-refractivity contribution is 6.31. The number of nitrogens with one attached hydrogen (secondary N) is 1. The summed E-state index contributed by atoms with van der Waals surface area (Å²) in [5.74, 6) is 0. The summed E-state index contributed by atoms with van der Waals surface area (Å²) in [5.41, 5.74) is 4.66. The zero-order chi connectivity index (χ0) is 16.4. The lowest BCUT2D eigenvalue weighted by Crippen LogP contribution is -2.23. The molecule has 0 bridgehead atoms. The Balaban J connectivity index is 1.72. The highest BCUT2D eigenvalue weighted by atomic mass is 35.5. The predicted octanol–water partition coefficient (Wildman–Crippen LogP) is 3.77. The zero-order valence-electron chi connectivity index (χ0n) is 14.1. The van der Waals surface area contributed by atoms with Crippen molar-refractivity contribution < 1.29 is 0 Å². The summed E-state index contributed by atoms with van der Waals surface area (Å²) in [6, 6.07) is 9.52. The van der Waals surface area contributed by atoms with E-state index in [1.807, 2.05) is 6.92 Å². The van der Waals surface area contributed by atoms with E-state index in [-0.39, 0.29) is 0 Å². The van der Waals surface area contributed by atoms with Gasteiger partial charge in [-0.25, -0.2) is 0 Å². The van der Waals surface area contributed by atoms with Gasteiger partial charge in [-0.05, 0) is 51.5 Å². The molecule has 1 aliphatic heterocycles. The van der Waals surface area contributed by atoms with E-state index in [9.17, 15) is 0 Å². The number of rotatable bonds is 5. The molecular formula is C18H25ClN4. The number of hydrogen-bond acceptors (Lipinski definition) is 3. The van der Waals surface area contributed by atoms with Crippen LogP contribution in [0.4, 0.5) is 0 Å². The topological polar surface area (TPSA) is 35.2 Å². The van der Waals surface area contributed by atoms with Gasteiger partial charge < -0.3 is 4.90 Å². The number of benzene rings is 1. The van der Waals surface area contributed by atoms with Crippen molar-refractivity contribution in [2.24, 2.45) is 0 Å². The molecule has 1 aliphatic rings. The summed E-state index contributed by atoms with van der Waals surface area (Å²) in [7, 11) is 4.20. The number of aromatic nitrogens is 2. The van der Waals surface area contributed by atoms with Crippen LogP contribution in [0.15, 0.2) is 24.3 Å². The smallest absolute Gasteiger partial charge is 0.0951 e. The second-order valence-corrected chi connectivity index (χ2v) is 7.10. The predicted molar refractivity (Wildman–Crippen MR) is 94.6 cm³/mol. The molecule has 2 aromatic rings. The molecule has 1 fully saturated rings. The number of likely N-dealkylation sites (tertiary alicyclic amines) is 1. The van der Waals surface area contributed by atoms with Crippen LogP contribution < -0.4 is 0 Å². The van der Waals surface area contributed by atoms with Crippen LogP contribution in [-0.2, 0) is 13.1 Å². The molecule has 1 aromatic heterocycles. The van der Waals surface area contributed by atoms with Crippen molar-refractivity contribution in [3.63, 3.8) is 0 Å². The Labute approximate surface area is 143 Å². The van der Waals surface area contributed by atoms with Crippen LogP contribution in [0.3, 0.4) is 0 Å². The van der Waals surface area contributed by atoms with Crippen molar-refractivity contribution in [1.82, 2.24) is 20.0 Å². The van der Waals surface area contributed by atoms with Crippen LogP contribution in [0.1, 0.15) is 41.4 Å². The molecule has 0 aliphatic carbocycles. The molecule has 3 rings (SSSR count). The molecule has 1 N–H and O–H groups in total. The first kappa shape index (κ1) is 16.5. The highest BCUT2D eigenvalue weighted by Gasteiger charge is 2.27. The Kier molecular flexibility index (Phi) is 5.05. The van der Waals surface area contributed by atoms with Gasteiger partial charge in [0.1, 0.15) is 0 Å². The second kappa shape index (κ2) is 7.04. The van der Waals surface area contributed by atoms with Crippen molar-refractivity contribution in [2.75, 3.05) is 20.6 Å². The fourth-order valence-electron chi connectivity index (χ4n) is 3.37. The van der Waals surface area contributed by atoms with Gasteiger partial charge >= 0.3 is 0 Å². The molecule has 0 amide bonds. The van der Waals surface area contributed by atoms with Crippen molar-refractivity contribution in [1.29, 1.82) is 0 Å². The Morgan fingerprint density at radius 1 is 1.30 bits per heavy atom. The van der Waals surface area contributed by atoms with E-state index >= 15 is 0 Å². The summed E-state index contributed by atoms with van der Waals surface area (Å²) in [6.45, 7) is 4.86. The molecule has 1 aromatic carbocycles. The summed E-state index contributed by atoms with van der Waals surface area (Å²) >= 11 is 6.33. The van der Waals surface area contributed by atoms with Gasteiger partial charge in [0.2, 0.25) is 0 Å². The number of halogens is 1. The number of nitrogens with zero attached hydrogens (tertiary/aromatic N) is 3. The molecule has 5 heteroatoms. The molecule has 0 saturated carbocycles. The summed E-state index contributed by atoms with van der Waals surface area (Å²) in [6.07, 6.45) is 2.43. The molecule has 0 unspecified atom stereocenters. The number of hydrogen-bond donors (Lipinski definition) is 1. The van der Waals surface area contributed by atoms with Gasteiger partial charge in [-0.3, -0.25) is 10.00 Å². The van der Waals surface area contributed by atoms with Gasteiger partial charge in [0.25, 0.3) is 0 Å². The largest absolute Gasteiger partial charge is 0.305 e. The van der Waals surface area contributed by atoms with E-state index in [2.05, 4.69) is 58.4 Å². The minimum Gasteiger partial charge on any atom is -0.305 e. The lowest BCUT2D eigenvalue weighted by molar-refractivity contribution is 0.245. The lowest BCUT2D eigenvalue weighted by atomic mass is 10.0. The third-order valence-electron chi connectivity index (χ3n) is 4.52. The highest BCUT2D eigenvalue weighted by Crippen LogP contribution is 2.34. The Bertz CT molecular complexity index is 648. The van der Waals surface area contributed by atoms with Gasteiger partial charge in [0.05, 0.1) is 16.4 Å². The Hall–Kier alpha value is -1.36. The van der Waals surface area contributed by atoms with Crippen molar-refractivity contribution in [2.45, 2.75) is 38.9 Å². The minimum atomic E-state index is 0.469. The van der Waals surface area contributed by atoms with E-state index in [1.54, 1.807) is 0 Å². The summed E-state index contributed by atoms with van der Waals surface area (Å²) in [4.78, 5) is 4.68. The molecule has 0 radical (unpaired) electrons. The standard InChI is InChI=1S/C18H25ClN4/c1-13-18(19)16(21-20-13)12-23-10-4-5-17(23)15-8-6-14(7-9-15)11-22(2)3/h6-9,17H,4-5,10-12H2,1-3H3,(H,20,21)/t17-/m0/s1. The molecular weight excluding hydrogens is 308 g/mol. The third kappa shape index (κ3) is 3.77. The fourth-order valence-corrected chi connectivity index (χ4v) is 3.51. The van der Waals surface area contributed by atoms with Crippen LogP contribution >= 0.6 is 11.6 Å². The van der Waals surface area contributed by atoms with Gasteiger partial charge in [0, 0.05) is 19.1 Å². The van der Waals surface area contributed by atoms with Crippen LogP contribution in [0, 0.1) is 6.92 Å². The lowest BCUT2D eigenvalue weighted by Gasteiger charge is -2.24. The van der Waals surface area contributed by atoms with Gasteiger partial charge in [-0.2, -0.15) is 5.10 Å². The van der Waals surface area contributed by atoms with E-state index in [4.69, 9.17) is 11.6 Å². The van der Waals surface area contributed by atoms with Crippen molar-refractivity contribution >= 4 is 11.6 Å². The van der Waals surface area contributed by atoms with Crippen LogP contribution in [0.25, 0.3) is 0 Å². The Morgan fingerprint density at radius 3 is 2.65 bits per heavy atom. The molecule has 1 atom stereocenters. The van der Waals surface area contributed by atoms with Crippen LogP contribution in [0.2, 0.25) is 5.02 Å². The average molecular weight is 333 g/mol. The first-order valence-electron chi connectivity index (χ1n) is 8.21. The van der Waals surface area contributed by atoms with Gasteiger partial charge in [-0.1, -0.05) is 35.9 Å². The fraction of sp³-hybridized carbons (Fsp3) is 0.500. The summed E-state index contributed by atoms with van der Waals surface area (Å²) < 4.78 is 0.